The van der Waals surface area contributed by atoms with Crippen molar-refractivity contribution in [2.75, 3.05) is 7.11 Å². The second-order valence-corrected chi connectivity index (χ2v) is 13.5. The zero-order chi connectivity index (χ0) is 29.1. The molecule has 0 bridgehead atoms. The molecule has 5 rings (SSSR count). The summed E-state index contributed by atoms with van der Waals surface area (Å²) in [5, 5.41) is 0. The molecular weight excluding hydrogens is 472 g/mol. The van der Waals surface area contributed by atoms with Gasteiger partial charge in [0.05, 0.1) is 7.11 Å². The van der Waals surface area contributed by atoms with Crippen molar-refractivity contribution >= 4 is 18.0 Å². The number of methoxy groups -OCH3 is 1. The van der Waals surface area contributed by atoms with Crippen LogP contribution in [-0.4, -0.2) is 25.1 Å². The van der Waals surface area contributed by atoms with Crippen LogP contribution < -0.4 is 0 Å². The van der Waals surface area contributed by atoms with Gasteiger partial charge in [-0.1, -0.05) is 74.0 Å². The lowest BCUT2D eigenvalue weighted by molar-refractivity contribution is -0.143. The van der Waals surface area contributed by atoms with Gasteiger partial charge in [-0.25, -0.2) is 0 Å². The molecule has 38 heavy (non-hydrogen) atoms. The first-order valence-electron chi connectivity index (χ1n) is 15.3. The second kappa shape index (κ2) is 12.2. The van der Waals surface area contributed by atoms with Crippen LogP contribution in [0, 0.1) is 45.3 Å². The Labute approximate surface area is 233 Å². The van der Waals surface area contributed by atoms with Crippen molar-refractivity contribution in [3.8, 4) is 0 Å². The minimum atomic E-state index is -0.127. The number of carbonyl (C=O) groups excluding carboxylic acids is 3. The lowest BCUT2D eigenvalue weighted by Crippen LogP contribution is -2.58. The molecule has 216 valence electrons. The van der Waals surface area contributed by atoms with Crippen molar-refractivity contribution in [1.82, 2.24) is 0 Å². The molecule has 5 aliphatic rings. The minimum absolute atomic E-state index is 0.101. The molecule has 0 amide bonds. The zero-order valence-corrected chi connectivity index (χ0v) is 26.3. The third-order valence-electron chi connectivity index (χ3n) is 10.9. The topological polar surface area (TPSA) is 60.4 Å². The van der Waals surface area contributed by atoms with Crippen LogP contribution in [0.25, 0.3) is 0 Å². The lowest BCUT2D eigenvalue weighted by Gasteiger charge is -2.63. The predicted molar refractivity (Wildman–Crippen MR) is 157 cm³/mol. The summed E-state index contributed by atoms with van der Waals surface area (Å²) in [6.07, 6.45) is 13.5. The average molecular weight is 529 g/mol. The minimum Gasteiger partial charge on any atom is -0.471 e. The SMILES string of the molecule is CC.CC.CC1=CC2(C)C3=CC(=O)C4C5CC(C)(C)CCC5(C)CCC4C3(C)CCC2CC1=O.COC=O. The molecule has 0 heterocycles. The molecule has 0 saturated heterocycles. The Morgan fingerprint density at radius 1 is 0.895 bits per heavy atom. The molecule has 0 aliphatic heterocycles. The van der Waals surface area contributed by atoms with Gasteiger partial charge in [0.25, 0.3) is 6.47 Å². The highest BCUT2D eigenvalue weighted by Crippen LogP contribution is 2.68. The van der Waals surface area contributed by atoms with Crippen molar-refractivity contribution in [2.45, 2.75) is 121 Å². The number of ketones is 2. The third-order valence-corrected chi connectivity index (χ3v) is 10.9. The standard InChI is InChI=1S/C28H40O2.C2H4O2.2C2H6/c1-17-15-28(6)18(13-21(17)29)7-10-27(5)19-8-9-26(4)12-11-25(2,3)16-20(26)24(19)22(30)14-23(27)28;1-4-2-3;2*1-2/h14-15,18-20,24H,7-13,16H2,1-6H3;2H,1H3;2*1-2H3. The van der Waals surface area contributed by atoms with Crippen molar-refractivity contribution in [3.05, 3.63) is 23.3 Å². The Morgan fingerprint density at radius 3 is 2.08 bits per heavy atom. The van der Waals surface area contributed by atoms with Gasteiger partial charge in [-0.15, -0.1) is 0 Å². The van der Waals surface area contributed by atoms with Crippen molar-refractivity contribution in [2.24, 2.45) is 45.3 Å². The molecule has 0 aromatic carbocycles. The fourth-order valence-electron chi connectivity index (χ4n) is 8.79. The number of carbonyl (C=O) groups is 3. The highest BCUT2D eigenvalue weighted by molar-refractivity contribution is 5.97. The molecule has 7 atom stereocenters. The Bertz CT molecular complexity index is 942. The third kappa shape index (κ3) is 5.61. The Kier molecular flexibility index (Phi) is 10.4. The van der Waals surface area contributed by atoms with E-state index in [1.807, 2.05) is 34.6 Å². The number of ether oxygens (including phenoxy) is 1. The van der Waals surface area contributed by atoms with Gasteiger partial charge in [0.2, 0.25) is 0 Å². The van der Waals surface area contributed by atoms with Crippen LogP contribution in [0.15, 0.2) is 23.3 Å². The molecule has 4 nitrogen and oxygen atoms in total. The first-order chi connectivity index (χ1) is 17.8. The van der Waals surface area contributed by atoms with Crippen LogP contribution >= 0.6 is 0 Å². The number of fused-ring (bicyclic) bond motifs is 7. The van der Waals surface area contributed by atoms with Crippen molar-refractivity contribution < 1.29 is 19.1 Å². The lowest BCUT2D eigenvalue weighted by atomic mass is 9.40. The summed E-state index contributed by atoms with van der Waals surface area (Å²) >= 11 is 0. The van der Waals surface area contributed by atoms with E-state index >= 15 is 0 Å². The first kappa shape index (κ1) is 32.5. The molecule has 7 unspecified atom stereocenters. The van der Waals surface area contributed by atoms with Crippen molar-refractivity contribution in [1.29, 1.82) is 0 Å². The summed E-state index contributed by atoms with van der Waals surface area (Å²) < 4.78 is 3.86. The van der Waals surface area contributed by atoms with E-state index in [0.29, 0.717) is 53.0 Å². The van der Waals surface area contributed by atoms with Gasteiger partial charge in [-0.3, -0.25) is 14.4 Å². The molecule has 5 aliphatic carbocycles. The molecule has 4 heteroatoms. The van der Waals surface area contributed by atoms with Crippen LogP contribution in [-0.2, 0) is 19.1 Å². The number of hydrogen-bond donors (Lipinski definition) is 0. The largest absolute Gasteiger partial charge is 0.471 e. The summed E-state index contributed by atoms with van der Waals surface area (Å²) in [4.78, 5) is 35.2. The maximum atomic E-state index is 13.8. The molecule has 3 fully saturated rings. The van der Waals surface area contributed by atoms with E-state index in [-0.39, 0.29) is 16.7 Å². The van der Waals surface area contributed by atoms with E-state index in [9.17, 15) is 9.59 Å². The van der Waals surface area contributed by atoms with E-state index in [4.69, 9.17) is 4.79 Å². The fraction of sp³-hybridized carbons (Fsp3) is 0.794. The molecular formula is C34H56O4. The molecule has 0 N–H and O–H groups in total. The Hall–Kier alpha value is -1.71. The van der Waals surface area contributed by atoms with Gasteiger partial charge in [-0.05, 0) is 97.5 Å². The maximum absolute atomic E-state index is 13.8. The highest BCUT2D eigenvalue weighted by Gasteiger charge is 2.62. The summed E-state index contributed by atoms with van der Waals surface area (Å²) in [6, 6.07) is 0. The van der Waals surface area contributed by atoms with Gasteiger partial charge < -0.3 is 4.74 Å². The predicted octanol–water partition coefficient (Wildman–Crippen LogP) is 8.54. The maximum Gasteiger partial charge on any atom is 0.292 e. The number of allylic oxidation sites excluding steroid dienone is 4. The summed E-state index contributed by atoms with van der Waals surface area (Å²) in [6.45, 7) is 22.4. The van der Waals surface area contributed by atoms with E-state index in [1.54, 1.807) is 0 Å². The Morgan fingerprint density at radius 2 is 1.50 bits per heavy atom. The van der Waals surface area contributed by atoms with Crippen LogP contribution in [0.3, 0.4) is 0 Å². The van der Waals surface area contributed by atoms with Crippen LogP contribution in [0.4, 0.5) is 0 Å². The smallest absolute Gasteiger partial charge is 0.292 e. The van der Waals surface area contributed by atoms with Crippen LogP contribution in [0.1, 0.15) is 121 Å². The average Bonchev–Trinajstić information content (AvgIpc) is 2.89. The quantitative estimate of drug-likeness (QED) is 0.320. The van der Waals surface area contributed by atoms with E-state index < -0.39 is 0 Å². The number of hydrogen-bond acceptors (Lipinski definition) is 4. The zero-order valence-electron chi connectivity index (χ0n) is 26.3. The first-order valence-corrected chi connectivity index (χ1v) is 15.3. The molecule has 0 aromatic heterocycles. The van der Waals surface area contributed by atoms with Gasteiger partial charge in [0.15, 0.2) is 11.6 Å². The summed E-state index contributed by atoms with van der Waals surface area (Å²) in [7, 11) is 1.31. The van der Waals surface area contributed by atoms with Gasteiger partial charge in [0, 0.05) is 17.8 Å². The molecule has 0 radical (unpaired) electrons. The second-order valence-electron chi connectivity index (χ2n) is 13.5. The highest BCUT2D eigenvalue weighted by atomic mass is 16.5. The fourth-order valence-corrected chi connectivity index (χ4v) is 8.79. The normalized spacial score (nSPS) is 40.2. The molecule has 0 aromatic rings. The van der Waals surface area contributed by atoms with Gasteiger partial charge in [-0.2, -0.15) is 0 Å². The summed E-state index contributed by atoms with van der Waals surface area (Å²) in [5.74, 6) is 2.27. The van der Waals surface area contributed by atoms with E-state index in [1.165, 1.54) is 44.8 Å². The number of rotatable bonds is 1. The monoisotopic (exact) mass is 528 g/mol. The van der Waals surface area contributed by atoms with E-state index in [0.717, 1.165) is 18.4 Å². The van der Waals surface area contributed by atoms with Crippen LogP contribution in [0.2, 0.25) is 0 Å². The molecule has 3 saturated carbocycles. The van der Waals surface area contributed by atoms with E-state index in [2.05, 4.69) is 51.5 Å². The van der Waals surface area contributed by atoms with Crippen molar-refractivity contribution in [3.63, 3.8) is 0 Å². The number of Topliss-reactive ketones (excluding diaryl/α,β-unsaturated/α-hetero) is 1. The summed E-state index contributed by atoms with van der Waals surface area (Å²) in [5.41, 5.74) is 2.93. The van der Waals surface area contributed by atoms with Crippen LogP contribution in [0.5, 0.6) is 0 Å². The molecule has 0 spiro atoms. The van der Waals surface area contributed by atoms with Gasteiger partial charge in [0.1, 0.15) is 0 Å². The Balaban J connectivity index is 0.000000571. The van der Waals surface area contributed by atoms with Gasteiger partial charge >= 0.3 is 0 Å².